The minimum atomic E-state index is 0.753. The van der Waals surface area contributed by atoms with Crippen molar-refractivity contribution in [2.75, 3.05) is 0 Å². The van der Waals surface area contributed by atoms with E-state index < -0.39 is 0 Å². The molecule has 3 nitrogen and oxygen atoms in total. The van der Waals surface area contributed by atoms with Gasteiger partial charge < -0.3 is 0 Å². The summed E-state index contributed by atoms with van der Waals surface area (Å²) in [5.41, 5.74) is 4.20. The van der Waals surface area contributed by atoms with Crippen LogP contribution in [-0.4, -0.2) is 14.8 Å². The molecule has 0 fully saturated rings. The summed E-state index contributed by atoms with van der Waals surface area (Å²) in [6.07, 6.45) is 0. The van der Waals surface area contributed by atoms with E-state index in [0.717, 1.165) is 37.3 Å². The minimum absolute atomic E-state index is 0.753. The number of rotatable bonds is 1. The molecule has 0 radical (unpaired) electrons. The molecule has 0 saturated heterocycles. The van der Waals surface area contributed by atoms with Gasteiger partial charge in [-0.2, -0.15) is 5.10 Å². The van der Waals surface area contributed by atoms with Gasteiger partial charge in [-0.25, -0.2) is 9.67 Å². The Bertz CT molecular complexity index is 742. The lowest BCUT2D eigenvalue weighted by Gasteiger charge is -1.96. The number of fused-ring (bicyclic) bond motifs is 1. The van der Waals surface area contributed by atoms with Crippen LogP contribution in [0.1, 0.15) is 17.0 Å². The van der Waals surface area contributed by atoms with Crippen LogP contribution in [0.5, 0.6) is 0 Å². The van der Waals surface area contributed by atoms with Crippen molar-refractivity contribution in [1.82, 2.24) is 14.8 Å². The molecule has 0 aliphatic carbocycles. The largest absolute Gasteiger partial charge is 0.218 e. The molecule has 92 valence electrons. The highest BCUT2D eigenvalue weighted by atomic mass is 35.5. The quantitative estimate of drug-likeness (QED) is 0.671. The minimum Gasteiger partial charge on any atom is -0.218 e. The summed E-state index contributed by atoms with van der Waals surface area (Å²) in [6.45, 7) is 6.05. The molecule has 0 atom stereocenters. The lowest BCUT2D eigenvalue weighted by atomic mass is 10.2. The van der Waals surface area contributed by atoms with Crippen molar-refractivity contribution < 1.29 is 0 Å². The highest BCUT2D eigenvalue weighted by Gasteiger charge is 2.11. The smallest absolute Gasteiger partial charge is 0.211 e. The van der Waals surface area contributed by atoms with Gasteiger partial charge in [-0.1, -0.05) is 22.9 Å². The maximum atomic E-state index is 6.07. The molecule has 2 aromatic heterocycles. The van der Waals surface area contributed by atoms with Crippen LogP contribution in [0.25, 0.3) is 15.3 Å². The molecule has 0 aliphatic rings. The van der Waals surface area contributed by atoms with Crippen molar-refractivity contribution in [2.24, 2.45) is 0 Å². The number of thiazole rings is 1. The van der Waals surface area contributed by atoms with E-state index in [0.29, 0.717) is 0 Å². The molecule has 0 aliphatic heterocycles. The molecule has 0 saturated carbocycles. The normalized spacial score (nSPS) is 11.3. The molecule has 5 heteroatoms. The monoisotopic (exact) mass is 277 g/mol. The van der Waals surface area contributed by atoms with Crippen molar-refractivity contribution in [3.05, 3.63) is 40.2 Å². The highest BCUT2D eigenvalue weighted by molar-refractivity contribution is 7.20. The number of hydrogen-bond acceptors (Lipinski definition) is 3. The van der Waals surface area contributed by atoms with Crippen LogP contribution in [0.3, 0.4) is 0 Å². The first kappa shape index (κ1) is 11.7. The van der Waals surface area contributed by atoms with Gasteiger partial charge in [-0.3, -0.25) is 0 Å². The van der Waals surface area contributed by atoms with Crippen LogP contribution in [0.4, 0.5) is 0 Å². The second kappa shape index (κ2) is 4.07. The van der Waals surface area contributed by atoms with Gasteiger partial charge in [0.25, 0.3) is 0 Å². The molecule has 0 bridgehead atoms. The Labute approximate surface area is 114 Å². The summed E-state index contributed by atoms with van der Waals surface area (Å²) < 4.78 is 2.98. The molecule has 3 rings (SSSR count). The molecule has 0 unspecified atom stereocenters. The van der Waals surface area contributed by atoms with Crippen LogP contribution in [0.15, 0.2) is 18.2 Å². The van der Waals surface area contributed by atoms with E-state index in [1.807, 2.05) is 43.7 Å². The summed E-state index contributed by atoms with van der Waals surface area (Å²) in [5, 5.41) is 6.10. The maximum Gasteiger partial charge on any atom is 0.211 e. The number of nitrogens with zero attached hydrogens (tertiary/aromatic N) is 3. The Morgan fingerprint density at radius 2 is 1.94 bits per heavy atom. The zero-order valence-electron chi connectivity index (χ0n) is 10.4. The van der Waals surface area contributed by atoms with Crippen molar-refractivity contribution >= 4 is 33.2 Å². The first-order valence-corrected chi connectivity index (χ1v) is 6.84. The van der Waals surface area contributed by atoms with Crippen molar-refractivity contribution in [1.29, 1.82) is 0 Å². The molecule has 1 aromatic carbocycles. The summed E-state index contributed by atoms with van der Waals surface area (Å²) in [7, 11) is 0. The Kier molecular flexibility index (Phi) is 2.64. The summed E-state index contributed by atoms with van der Waals surface area (Å²) in [6, 6.07) is 5.94. The van der Waals surface area contributed by atoms with Gasteiger partial charge in [0.05, 0.1) is 15.9 Å². The number of halogens is 1. The molecular weight excluding hydrogens is 266 g/mol. The Hall–Kier alpha value is -1.39. The predicted octanol–water partition coefficient (Wildman–Crippen LogP) is 4.06. The van der Waals surface area contributed by atoms with E-state index in [9.17, 15) is 0 Å². The average Bonchev–Trinajstić information content (AvgIpc) is 2.81. The fraction of sp³-hybridized carbons (Fsp3) is 0.231. The van der Waals surface area contributed by atoms with E-state index in [1.165, 1.54) is 0 Å². The Morgan fingerprint density at radius 3 is 2.61 bits per heavy atom. The third-order valence-electron chi connectivity index (χ3n) is 2.83. The van der Waals surface area contributed by atoms with E-state index in [1.54, 1.807) is 11.3 Å². The second-order valence-electron chi connectivity index (χ2n) is 4.40. The first-order valence-electron chi connectivity index (χ1n) is 5.65. The van der Waals surface area contributed by atoms with Gasteiger partial charge in [0.1, 0.15) is 0 Å². The molecule has 3 aromatic rings. The predicted molar refractivity (Wildman–Crippen MR) is 76.0 cm³/mol. The lowest BCUT2D eigenvalue weighted by Crippen LogP contribution is -1.97. The summed E-state index contributed by atoms with van der Waals surface area (Å²) in [5.74, 6) is 0. The topological polar surface area (TPSA) is 30.7 Å². The maximum absolute atomic E-state index is 6.07. The van der Waals surface area contributed by atoms with Gasteiger partial charge in [0.2, 0.25) is 5.13 Å². The number of benzene rings is 1. The van der Waals surface area contributed by atoms with E-state index >= 15 is 0 Å². The van der Waals surface area contributed by atoms with Gasteiger partial charge >= 0.3 is 0 Å². The van der Waals surface area contributed by atoms with Crippen LogP contribution in [-0.2, 0) is 0 Å². The van der Waals surface area contributed by atoms with Gasteiger partial charge in [-0.05, 0) is 44.5 Å². The zero-order valence-corrected chi connectivity index (χ0v) is 11.9. The average molecular weight is 278 g/mol. The highest BCUT2D eigenvalue weighted by Crippen LogP contribution is 2.30. The molecule has 0 spiro atoms. The number of aromatic nitrogens is 3. The number of hydrogen-bond donors (Lipinski definition) is 0. The lowest BCUT2D eigenvalue weighted by molar-refractivity contribution is 0.827. The molecule has 2 heterocycles. The Balaban J connectivity index is 2.25. The van der Waals surface area contributed by atoms with E-state index in [-0.39, 0.29) is 0 Å². The first-order chi connectivity index (χ1) is 8.54. The SMILES string of the molecule is Cc1cc(C)n(-c2nc3c(C)cc(Cl)cc3s2)n1. The van der Waals surface area contributed by atoms with Crippen LogP contribution in [0.2, 0.25) is 5.02 Å². The molecular formula is C13H12ClN3S. The van der Waals surface area contributed by atoms with E-state index in [4.69, 9.17) is 11.6 Å². The van der Waals surface area contributed by atoms with Crippen LogP contribution in [0, 0.1) is 20.8 Å². The summed E-state index contributed by atoms with van der Waals surface area (Å²) in [4.78, 5) is 4.66. The summed E-state index contributed by atoms with van der Waals surface area (Å²) >= 11 is 7.68. The standard InChI is InChI=1S/C13H12ClN3S/c1-7-4-10(14)6-11-12(7)15-13(18-11)17-9(3)5-8(2)16-17/h4-6H,1-3H3. The van der Waals surface area contributed by atoms with Crippen LogP contribution < -0.4 is 0 Å². The molecule has 0 amide bonds. The second-order valence-corrected chi connectivity index (χ2v) is 5.85. The molecule has 0 N–H and O–H groups in total. The Morgan fingerprint density at radius 1 is 1.17 bits per heavy atom. The van der Waals surface area contributed by atoms with Crippen molar-refractivity contribution in [2.45, 2.75) is 20.8 Å². The van der Waals surface area contributed by atoms with Crippen LogP contribution >= 0.6 is 22.9 Å². The number of aryl methyl sites for hydroxylation is 3. The van der Waals surface area contributed by atoms with Gasteiger partial charge in [0.15, 0.2) is 0 Å². The fourth-order valence-corrected chi connectivity index (χ4v) is 3.49. The fourth-order valence-electron chi connectivity index (χ4n) is 2.06. The third kappa shape index (κ3) is 1.82. The third-order valence-corrected chi connectivity index (χ3v) is 4.03. The molecule has 18 heavy (non-hydrogen) atoms. The van der Waals surface area contributed by atoms with Gasteiger partial charge in [-0.15, -0.1) is 0 Å². The van der Waals surface area contributed by atoms with Crippen molar-refractivity contribution in [3.63, 3.8) is 0 Å². The van der Waals surface area contributed by atoms with E-state index in [2.05, 4.69) is 10.1 Å². The zero-order chi connectivity index (χ0) is 12.9. The van der Waals surface area contributed by atoms with Gasteiger partial charge in [0, 0.05) is 10.7 Å². The van der Waals surface area contributed by atoms with Crippen molar-refractivity contribution in [3.8, 4) is 5.13 Å².